The summed E-state index contributed by atoms with van der Waals surface area (Å²) in [6, 6.07) is 23.5. The first kappa shape index (κ1) is 18.4. The van der Waals surface area contributed by atoms with Gasteiger partial charge in [-0.2, -0.15) is 0 Å². The zero-order chi connectivity index (χ0) is 20.1. The van der Waals surface area contributed by atoms with Crippen molar-refractivity contribution in [2.45, 2.75) is 13.0 Å². The minimum absolute atomic E-state index is 0.0760. The van der Waals surface area contributed by atoms with Gasteiger partial charge in [-0.05, 0) is 36.4 Å². The van der Waals surface area contributed by atoms with E-state index in [-0.39, 0.29) is 24.4 Å². The number of carbonyl (C=O) groups is 1. The molecule has 0 unspecified atom stereocenters. The number of aromatic nitrogens is 3. The van der Waals surface area contributed by atoms with E-state index in [4.69, 9.17) is 4.74 Å². The Labute approximate surface area is 166 Å². The largest absolute Gasteiger partial charge is 0.455 e. The average Bonchev–Trinajstić information content (AvgIpc) is 2.76. The first-order chi connectivity index (χ1) is 14.2. The second-order valence-electron chi connectivity index (χ2n) is 6.34. The van der Waals surface area contributed by atoms with Crippen molar-refractivity contribution in [2.24, 2.45) is 0 Å². The van der Waals surface area contributed by atoms with Gasteiger partial charge in [0.25, 0.3) is 5.56 Å². The van der Waals surface area contributed by atoms with Crippen LogP contribution in [0.3, 0.4) is 0 Å². The van der Waals surface area contributed by atoms with E-state index in [0.717, 1.165) is 0 Å². The fourth-order valence-corrected chi connectivity index (χ4v) is 2.86. The van der Waals surface area contributed by atoms with E-state index in [1.54, 1.807) is 36.4 Å². The maximum Gasteiger partial charge on any atom is 0.277 e. The Balaban J connectivity index is 1.44. The lowest BCUT2D eigenvalue weighted by atomic mass is 10.2. The lowest BCUT2D eigenvalue weighted by Gasteiger charge is -2.12. The molecule has 0 saturated heterocycles. The maximum atomic E-state index is 12.5. The predicted molar refractivity (Wildman–Crippen MR) is 110 cm³/mol. The Hall–Kier alpha value is -4.00. The molecule has 7 nitrogen and oxygen atoms in total. The predicted octanol–water partition coefficient (Wildman–Crippen LogP) is 3.61. The maximum absolute atomic E-state index is 12.5. The molecule has 4 aromatic rings. The van der Waals surface area contributed by atoms with Crippen LogP contribution in [0.2, 0.25) is 0 Å². The van der Waals surface area contributed by atoms with Crippen molar-refractivity contribution in [3.63, 3.8) is 0 Å². The number of ether oxygens (including phenoxy) is 1. The molecule has 1 heterocycles. The van der Waals surface area contributed by atoms with Gasteiger partial charge < -0.3 is 10.1 Å². The van der Waals surface area contributed by atoms with Crippen LogP contribution in [0.4, 0.5) is 5.69 Å². The van der Waals surface area contributed by atoms with Gasteiger partial charge in [0.15, 0.2) is 5.75 Å². The molecule has 0 bridgehead atoms. The van der Waals surface area contributed by atoms with Gasteiger partial charge in [0.1, 0.15) is 11.3 Å². The molecule has 0 spiro atoms. The van der Waals surface area contributed by atoms with Crippen molar-refractivity contribution in [1.82, 2.24) is 15.0 Å². The number of hydrogen-bond acceptors (Lipinski definition) is 5. The smallest absolute Gasteiger partial charge is 0.277 e. The summed E-state index contributed by atoms with van der Waals surface area (Å²) in [5.41, 5.74) is 0.819. The third kappa shape index (κ3) is 4.30. The third-order valence-corrected chi connectivity index (χ3v) is 4.31. The van der Waals surface area contributed by atoms with Crippen LogP contribution >= 0.6 is 0 Å². The van der Waals surface area contributed by atoms with E-state index in [0.29, 0.717) is 28.1 Å². The number of amides is 1. The number of rotatable bonds is 6. The summed E-state index contributed by atoms with van der Waals surface area (Å²) in [4.78, 5) is 24.9. The Bertz CT molecular complexity index is 1210. The number of carbonyl (C=O) groups excluding carboxylic acids is 1. The van der Waals surface area contributed by atoms with Crippen molar-refractivity contribution in [3.05, 3.63) is 89.2 Å². The van der Waals surface area contributed by atoms with Gasteiger partial charge in [-0.3, -0.25) is 9.59 Å². The summed E-state index contributed by atoms with van der Waals surface area (Å²) in [6.45, 7) is 0.129. The molecule has 4 rings (SSSR count). The summed E-state index contributed by atoms with van der Waals surface area (Å²) in [6.07, 6.45) is 0.0760. The fourth-order valence-electron chi connectivity index (χ4n) is 2.86. The Kier molecular flexibility index (Phi) is 5.29. The number of fused-ring (bicyclic) bond motifs is 1. The normalized spacial score (nSPS) is 10.6. The average molecular weight is 386 g/mol. The van der Waals surface area contributed by atoms with Crippen LogP contribution in [-0.4, -0.2) is 20.9 Å². The lowest BCUT2D eigenvalue weighted by Crippen LogP contribution is -2.26. The monoisotopic (exact) mass is 386 g/mol. The van der Waals surface area contributed by atoms with E-state index >= 15 is 0 Å². The van der Waals surface area contributed by atoms with Crippen molar-refractivity contribution in [3.8, 4) is 11.5 Å². The molecule has 3 aromatic carbocycles. The van der Waals surface area contributed by atoms with Crippen LogP contribution in [-0.2, 0) is 11.3 Å². The number of nitrogens with zero attached hydrogens (tertiary/aromatic N) is 3. The molecule has 1 aromatic heterocycles. The van der Waals surface area contributed by atoms with Gasteiger partial charge in [-0.25, -0.2) is 4.68 Å². The molecule has 1 N–H and O–H groups in total. The number of anilines is 1. The van der Waals surface area contributed by atoms with Crippen LogP contribution in [0.5, 0.6) is 11.5 Å². The van der Waals surface area contributed by atoms with Crippen LogP contribution < -0.4 is 15.6 Å². The minimum Gasteiger partial charge on any atom is -0.455 e. The SMILES string of the molecule is O=C(CCn1nnc2ccccc2c1=O)Nc1ccccc1Oc1ccccc1. The minimum atomic E-state index is -0.267. The second-order valence-corrected chi connectivity index (χ2v) is 6.34. The molecule has 0 aliphatic heterocycles. The van der Waals surface area contributed by atoms with E-state index in [1.807, 2.05) is 42.5 Å². The van der Waals surface area contributed by atoms with Crippen LogP contribution in [0.1, 0.15) is 6.42 Å². The quantitative estimate of drug-likeness (QED) is 0.547. The Morgan fingerprint density at radius 1 is 0.931 bits per heavy atom. The number of aryl methyl sites for hydroxylation is 1. The van der Waals surface area contributed by atoms with E-state index in [9.17, 15) is 9.59 Å². The van der Waals surface area contributed by atoms with Crippen molar-refractivity contribution in [2.75, 3.05) is 5.32 Å². The molecule has 0 aliphatic rings. The first-order valence-corrected chi connectivity index (χ1v) is 9.15. The first-order valence-electron chi connectivity index (χ1n) is 9.15. The summed E-state index contributed by atoms with van der Waals surface area (Å²) in [7, 11) is 0. The zero-order valence-corrected chi connectivity index (χ0v) is 15.5. The standard InChI is InChI=1S/C22H18N4O3/c27-21(14-15-26-22(28)17-10-4-5-11-18(17)24-25-26)23-19-12-6-7-13-20(19)29-16-8-2-1-3-9-16/h1-13H,14-15H2,(H,23,27). The number of para-hydroxylation sites is 3. The molecular formula is C22H18N4O3. The summed E-state index contributed by atoms with van der Waals surface area (Å²) in [5, 5.41) is 11.2. The molecule has 0 saturated carbocycles. The molecule has 144 valence electrons. The van der Waals surface area contributed by atoms with Gasteiger partial charge in [-0.1, -0.05) is 47.7 Å². The van der Waals surface area contributed by atoms with Crippen molar-refractivity contribution in [1.29, 1.82) is 0 Å². The molecule has 29 heavy (non-hydrogen) atoms. The van der Waals surface area contributed by atoms with Crippen LogP contribution in [0.15, 0.2) is 83.7 Å². The summed E-state index contributed by atoms with van der Waals surface area (Å²) in [5.74, 6) is 0.956. The van der Waals surface area contributed by atoms with Crippen molar-refractivity contribution < 1.29 is 9.53 Å². The lowest BCUT2D eigenvalue weighted by molar-refractivity contribution is -0.116. The molecular weight excluding hydrogens is 368 g/mol. The highest BCUT2D eigenvalue weighted by atomic mass is 16.5. The zero-order valence-electron chi connectivity index (χ0n) is 15.5. The van der Waals surface area contributed by atoms with Gasteiger partial charge in [0.2, 0.25) is 5.91 Å². The second kappa shape index (κ2) is 8.35. The van der Waals surface area contributed by atoms with Crippen LogP contribution in [0.25, 0.3) is 10.9 Å². The fraction of sp³-hybridized carbons (Fsp3) is 0.0909. The highest BCUT2D eigenvalue weighted by molar-refractivity contribution is 5.92. The Morgan fingerprint density at radius 3 is 2.52 bits per heavy atom. The highest BCUT2D eigenvalue weighted by Gasteiger charge is 2.11. The molecule has 7 heteroatoms. The summed E-state index contributed by atoms with van der Waals surface area (Å²) >= 11 is 0. The van der Waals surface area contributed by atoms with E-state index in [1.165, 1.54) is 4.68 Å². The molecule has 1 amide bonds. The molecule has 0 atom stereocenters. The van der Waals surface area contributed by atoms with E-state index in [2.05, 4.69) is 15.6 Å². The van der Waals surface area contributed by atoms with Crippen LogP contribution in [0, 0.1) is 0 Å². The topological polar surface area (TPSA) is 86.1 Å². The van der Waals surface area contributed by atoms with Gasteiger partial charge >= 0.3 is 0 Å². The van der Waals surface area contributed by atoms with Gasteiger partial charge in [0, 0.05) is 6.42 Å². The third-order valence-electron chi connectivity index (χ3n) is 4.31. The number of nitrogens with one attached hydrogen (secondary N) is 1. The summed E-state index contributed by atoms with van der Waals surface area (Å²) < 4.78 is 7.05. The highest BCUT2D eigenvalue weighted by Crippen LogP contribution is 2.29. The molecule has 0 radical (unpaired) electrons. The molecule has 0 fully saturated rings. The molecule has 0 aliphatic carbocycles. The number of benzene rings is 3. The van der Waals surface area contributed by atoms with Crippen molar-refractivity contribution >= 4 is 22.5 Å². The Morgan fingerprint density at radius 2 is 1.66 bits per heavy atom. The van der Waals surface area contributed by atoms with E-state index < -0.39 is 0 Å². The van der Waals surface area contributed by atoms with Gasteiger partial charge in [0.05, 0.1) is 17.6 Å². The number of hydrogen-bond donors (Lipinski definition) is 1. The van der Waals surface area contributed by atoms with Gasteiger partial charge in [-0.15, -0.1) is 5.10 Å².